The van der Waals surface area contributed by atoms with Crippen LogP contribution in [0.25, 0.3) is 0 Å². The SMILES string of the molecule is CCCC(C(CC)C(=O)O)N(C)C. The third-order valence-corrected chi connectivity index (χ3v) is 2.47. The van der Waals surface area contributed by atoms with Crippen molar-refractivity contribution in [1.82, 2.24) is 4.90 Å². The van der Waals surface area contributed by atoms with Crippen LogP contribution in [0, 0.1) is 5.92 Å². The van der Waals surface area contributed by atoms with Gasteiger partial charge >= 0.3 is 5.97 Å². The van der Waals surface area contributed by atoms with E-state index in [1.807, 2.05) is 25.9 Å². The molecule has 2 atom stereocenters. The summed E-state index contributed by atoms with van der Waals surface area (Å²) >= 11 is 0. The Hall–Kier alpha value is -0.570. The molecule has 3 heteroatoms. The lowest BCUT2D eigenvalue weighted by atomic mass is 9.92. The number of carbonyl (C=O) groups is 1. The average Bonchev–Trinajstić information content (AvgIpc) is 2.03. The van der Waals surface area contributed by atoms with Crippen molar-refractivity contribution in [1.29, 1.82) is 0 Å². The van der Waals surface area contributed by atoms with Crippen LogP contribution in [0.4, 0.5) is 0 Å². The molecule has 0 aromatic heterocycles. The van der Waals surface area contributed by atoms with Crippen molar-refractivity contribution in [3.63, 3.8) is 0 Å². The van der Waals surface area contributed by atoms with Gasteiger partial charge in [-0.2, -0.15) is 0 Å². The fourth-order valence-electron chi connectivity index (χ4n) is 1.73. The largest absolute Gasteiger partial charge is 0.481 e. The summed E-state index contributed by atoms with van der Waals surface area (Å²) in [7, 11) is 3.90. The number of hydrogen-bond acceptors (Lipinski definition) is 2. The maximum Gasteiger partial charge on any atom is 0.308 e. The van der Waals surface area contributed by atoms with Gasteiger partial charge in [-0.25, -0.2) is 0 Å². The molecule has 78 valence electrons. The molecule has 1 N–H and O–H groups in total. The van der Waals surface area contributed by atoms with E-state index < -0.39 is 5.97 Å². The molecular weight excluding hydrogens is 166 g/mol. The van der Waals surface area contributed by atoms with Gasteiger partial charge in [-0.15, -0.1) is 0 Å². The van der Waals surface area contributed by atoms with Gasteiger partial charge in [0.1, 0.15) is 0 Å². The Balaban J connectivity index is 4.38. The van der Waals surface area contributed by atoms with Crippen LogP contribution in [0.3, 0.4) is 0 Å². The van der Waals surface area contributed by atoms with Crippen LogP contribution < -0.4 is 0 Å². The summed E-state index contributed by atoms with van der Waals surface area (Å²) in [5.74, 6) is -0.899. The molecule has 0 aromatic rings. The summed E-state index contributed by atoms with van der Waals surface area (Å²) < 4.78 is 0. The van der Waals surface area contributed by atoms with E-state index in [4.69, 9.17) is 5.11 Å². The lowest BCUT2D eigenvalue weighted by Gasteiger charge is -2.28. The molecule has 0 spiro atoms. The third-order valence-electron chi connectivity index (χ3n) is 2.47. The van der Waals surface area contributed by atoms with Crippen molar-refractivity contribution < 1.29 is 9.90 Å². The standard InChI is InChI=1S/C10H21NO2/c1-5-7-9(11(3)4)8(6-2)10(12)13/h8-9H,5-7H2,1-4H3,(H,12,13). The van der Waals surface area contributed by atoms with Gasteiger partial charge in [0.25, 0.3) is 0 Å². The molecule has 0 amide bonds. The lowest BCUT2D eigenvalue weighted by molar-refractivity contribution is -0.144. The van der Waals surface area contributed by atoms with Crippen molar-refractivity contribution in [2.75, 3.05) is 14.1 Å². The minimum Gasteiger partial charge on any atom is -0.481 e. The topological polar surface area (TPSA) is 40.5 Å². The predicted octanol–water partition coefficient (Wildman–Crippen LogP) is 1.83. The molecule has 2 unspecified atom stereocenters. The highest BCUT2D eigenvalue weighted by Crippen LogP contribution is 2.17. The molecule has 0 aliphatic heterocycles. The number of hydrogen-bond donors (Lipinski definition) is 1. The Bertz CT molecular complexity index is 157. The molecule has 0 fully saturated rings. The highest BCUT2D eigenvalue weighted by molar-refractivity contribution is 5.70. The molecule has 0 rings (SSSR count). The normalized spacial score (nSPS) is 15.8. The molecule has 3 nitrogen and oxygen atoms in total. The quantitative estimate of drug-likeness (QED) is 0.689. The van der Waals surface area contributed by atoms with Gasteiger partial charge in [-0.05, 0) is 26.9 Å². The molecule has 0 saturated heterocycles. The van der Waals surface area contributed by atoms with Crippen LogP contribution in [0.2, 0.25) is 0 Å². The van der Waals surface area contributed by atoms with Crippen LogP contribution in [-0.2, 0) is 4.79 Å². The molecule has 0 aromatic carbocycles. The molecular formula is C10H21NO2. The zero-order valence-electron chi connectivity index (χ0n) is 9.08. The number of carboxylic acids is 1. The van der Waals surface area contributed by atoms with Crippen LogP contribution in [-0.4, -0.2) is 36.1 Å². The highest BCUT2D eigenvalue weighted by Gasteiger charge is 2.26. The Morgan fingerprint density at radius 1 is 1.38 bits per heavy atom. The minimum atomic E-state index is -0.672. The Labute approximate surface area is 80.7 Å². The molecule has 0 aliphatic rings. The molecule has 0 heterocycles. The summed E-state index contributed by atoms with van der Waals surface area (Å²) in [6.07, 6.45) is 2.70. The summed E-state index contributed by atoms with van der Waals surface area (Å²) in [6, 6.07) is 0.174. The summed E-state index contributed by atoms with van der Waals surface area (Å²) in [4.78, 5) is 12.9. The fraction of sp³-hybridized carbons (Fsp3) is 0.900. The van der Waals surface area contributed by atoms with Crippen LogP contribution in [0.5, 0.6) is 0 Å². The van der Waals surface area contributed by atoms with Gasteiger partial charge in [0.05, 0.1) is 5.92 Å². The highest BCUT2D eigenvalue weighted by atomic mass is 16.4. The van der Waals surface area contributed by atoms with E-state index in [1.54, 1.807) is 0 Å². The second-order valence-electron chi connectivity index (χ2n) is 3.67. The van der Waals surface area contributed by atoms with Gasteiger partial charge in [0.2, 0.25) is 0 Å². The van der Waals surface area contributed by atoms with Crippen molar-refractivity contribution in [3.05, 3.63) is 0 Å². The van der Waals surface area contributed by atoms with E-state index in [1.165, 1.54) is 0 Å². The molecule has 0 saturated carbocycles. The smallest absolute Gasteiger partial charge is 0.308 e. The van der Waals surface area contributed by atoms with Gasteiger partial charge in [0.15, 0.2) is 0 Å². The van der Waals surface area contributed by atoms with E-state index in [0.29, 0.717) is 6.42 Å². The van der Waals surface area contributed by atoms with E-state index in [2.05, 4.69) is 6.92 Å². The zero-order chi connectivity index (χ0) is 10.4. The molecule has 0 aliphatic carbocycles. The maximum absolute atomic E-state index is 10.9. The first kappa shape index (κ1) is 12.4. The van der Waals surface area contributed by atoms with Crippen molar-refractivity contribution in [3.8, 4) is 0 Å². The number of carboxylic acid groups (broad SMARTS) is 1. The van der Waals surface area contributed by atoms with Gasteiger partial charge in [-0.1, -0.05) is 20.3 Å². The van der Waals surface area contributed by atoms with Crippen LogP contribution in [0.1, 0.15) is 33.1 Å². The zero-order valence-corrected chi connectivity index (χ0v) is 9.08. The summed E-state index contributed by atoms with van der Waals surface area (Å²) in [5, 5.41) is 8.99. The fourth-order valence-corrected chi connectivity index (χ4v) is 1.73. The average molecular weight is 187 g/mol. The second-order valence-corrected chi connectivity index (χ2v) is 3.67. The number of nitrogens with zero attached hydrogens (tertiary/aromatic N) is 1. The van der Waals surface area contributed by atoms with Gasteiger partial charge in [0, 0.05) is 6.04 Å². The Kier molecular flexibility index (Phi) is 5.71. The van der Waals surface area contributed by atoms with Crippen molar-refractivity contribution >= 4 is 5.97 Å². The second kappa shape index (κ2) is 5.97. The monoisotopic (exact) mass is 187 g/mol. The summed E-state index contributed by atoms with van der Waals surface area (Å²) in [5.41, 5.74) is 0. The molecule has 0 radical (unpaired) electrons. The van der Waals surface area contributed by atoms with Crippen LogP contribution >= 0.6 is 0 Å². The van der Waals surface area contributed by atoms with E-state index in [9.17, 15) is 4.79 Å². The molecule has 0 bridgehead atoms. The van der Waals surface area contributed by atoms with Crippen LogP contribution in [0.15, 0.2) is 0 Å². The van der Waals surface area contributed by atoms with Crippen molar-refractivity contribution in [2.45, 2.75) is 39.2 Å². The number of aliphatic carboxylic acids is 1. The predicted molar refractivity (Wildman–Crippen MR) is 53.8 cm³/mol. The maximum atomic E-state index is 10.9. The third kappa shape index (κ3) is 3.77. The lowest BCUT2D eigenvalue weighted by Crippen LogP contribution is -2.39. The molecule has 13 heavy (non-hydrogen) atoms. The Morgan fingerprint density at radius 3 is 2.15 bits per heavy atom. The first-order valence-electron chi connectivity index (χ1n) is 4.93. The Morgan fingerprint density at radius 2 is 1.92 bits per heavy atom. The first-order chi connectivity index (χ1) is 6.04. The van der Waals surface area contributed by atoms with E-state index in [0.717, 1.165) is 12.8 Å². The minimum absolute atomic E-state index is 0.174. The van der Waals surface area contributed by atoms with Crippen molar-refractivity contribution in [2.24, 2.45) is 5.92 Å². The number of rotatable bonds is 6. The van der Waals surface area contributed by atoms with E-state index in [-0.39, 0.29) is 12.0 Å². The van der Waals surface area contributed by atoms with Gasteiger partial charge in [-0.3, -0.25) is 4.79 Å². The first-order valence-corrected chi connectivity index (χ1v) is 4.93. The van der Waals surface area contributed by atoms with Gasteiger partial charge < -0.3 is 10.0 Å². The van der Waals surface area contributed by atoms with E-state index >= 15 is 0 Å². The summed E-state index contributed by atoms with van der Waals surface area (Å²) in [6.45, 7) is 4.02.